The molecule has 4 heterocycles. The molecule has 0 saturated carbocycles. The minimum Gasteiger partial charge on any atom is -0.456 e. The summed E-state index contributed by atoms with van der Waals surface area (Å²) in [6.45, 7) is 0. The number of benzene rings is 6. The number of hydrogen-bond acceptors (Lipinski definition) is 5. The predicted octanol–water partition coefficient (Wildman–Crippen LogP) is 7.29. The number of nitrogens with zero attached hydrogens (tertiary/aromatic N) is 3. The zero-order valence-electron chi connectivity index (χ0n) is 25.7. The van der Waals surface area contributed by atoms with Crippen LogP contribution < -0.4 is 36.0 Å². The second-order valence-electron chi connectivity index (χ2n) is 12.3. The molecule has 0 radical (unpaired) electrons. The van der Waals surface area contributed by atoms with Crippen LogP contribution in [0.4, 0.5) is 34.1 Å². The topological polar surface area (TPSA) is 49.6 Å². The molecule has 2 aliphatic heterocycles. The number of anilines is 6. The Labute approximate surface area is 277 Å². The van der Waals surface area contributed by atoms with E-state index in [4.69, 9.17) is 4.42 Å². The highest BCUT2D eigenvalue weighted by Crippen LogP contribution is 2.44. The second-order valence-corrected chi connectivity index (χ2v) is 16.0. The van der Waals surface area contributed by atoms with Gasteiger partial charge in [0.15, 0.2) is 8.07 Å². The molecule has 1 spiro atoms. The summed E-state index contributed by atoms with van der Waals surface area (Å²) in [4.78, 5) is 22.3. The van der Waals surface area contributed by atoms with Gasteiger partial charge in [-0.25, -0.2) is 0 Å². The Morgan fingerprint density at radius 3 is 1.54 bits per heavy atom. The molecule has 0 bridgehead atoms. The monoisotopic (exact) mass is 633 g/mol. The van der Waals surface area contributed by atoms with Crippen LogP contribution in [0.5, 0.6) is 0 Å². The molecule has 5 nitrogen and oxygen atoms in total. The lowest BCUT2D eigenvalue weighted by molar-refractivity contribution is 0.659. The normalized spacial score (nSPS) is 14.0. The SMILES string of the molecule is O=c1c2ccc(N3c4ccccc4[Si]4(c5ccccc5N(c5ccccc5)c5ccccc54)c4ccccc43)cc2oc2ccncc12. The second kappa shape index (κ2) is 10.1. The summed E-state index contributed by atoms with van der Waals surface area (Å²) in [5.74, 6) is 0. The number of aromatic nitrogens is 1. The fourth-order valence-electron chi connectivity index (χ4n) is 8.03. The molecular weight excluding hydrogens is 607 g/mol. The summed E-state index contributed by atoms with van der Waals surface area (Å²) in [5, 5.41) is 6.39. The van der Waals surface area contributed by atoms with Gasteiger partial charge in [0.05, 0.1) is 10.8 Å². The number of pyridine rings is 1. The summed E-state index contributed by atoms with van der Waals surface area (Å²) in [6.07, 6.45) is 3.23. The van der Waals surface area contributed by atoms with Crippen LogP contribution in [0.15, 0.2) is 173 Å². The van der Waals surface area contributed by atoms with Crippen molar-refractivity contribution in [2.75, 3.05) is 9.80 Å². The van der Waals surface area contributed by atoms with E-state index in [9.17, 15) is 4.79 Å². The predicted molar refractivity (Wildman–Crippen MR) is 198 cm³/mol. The molecule has 0 fully saturated rings. The molecule has 48 heavy (non-hydrogen) atoms. The van der Waals surface area contributed by atoms with Gasteiger partial charge < -0.3 is 14.2 Å². The van der Waals surface area contributed by atoms with Crippen LogP contribution in [-0.2, 0) is 0 Å². The van der Waals surface area contributed by atoms with Crippen molar-refractivity contribution in [2.24, 2.45) is 0 Å². The van der Waals surface area contributed by atoms with E-state index in [0.717, 1.165) is 22.7 Å². The van der Waals surface area contributed by atoms with E-state index in [1.165, 1.54) is 32.1 Å². The summed E-state index contributed by atoms with van der Waals surface area (Å²) < 4.78 is 6.33. The van der Waals surface area contributed by atoms with E-state index in [0.29, 0.717) is 21.9 Å². The molecule has 0 N–H and O–H groups in total. The van der Waals surface area contributed by atoms with E-state index in [1.54, 1.807) is 18.5 Å². The average molecular weight is 634 g/mol. The highest BCUT2D eigenvalue weighted by molar-refractivity contribution is 7.23. The lowest BCUT2D eigenvalue weighted by Gasteiger charge is -2.49. The molecule has 6 aromatic carbocycles. The largest absolute Gasteiger partial charge is 0.456 e. The molecule has 10 rings (SSSR count). The van der Waals surface area contributed by atoms with Gasteiger partial charge >= 0.3 is 0 Å². The van der Waals surface area contributed by atoms with Gasteiger partial charge in [0, 0.05) is 52.6 Å². The number of fused-ring (bicyclic) bond motifs is 10. The van der Waals surface area contributed by atoms with E-state index in [-0.39, 0.29) is 5.43 Å². The molecule has 0 amide bonds. The first-order chi connectivity index (χ1) is 23.7. The Morgan fingerprint density at radius 1 is 0.479 bits per heavy atom. The van der Waals surface area contributed by atoms with Crippen molar-refractivity contribution in [3.05, 3.63) is 174 Å². The number of hydrogen-bond donors (Lipinski definition) is 0. The molecule has 0 saturated heterocycles. The van der Waals surface area contributed by atoms with Gasteiger partial charge in [-0.15, -0.1) is 0 Å². The zero-order valence-corrected chi connectivity index (χ0v) is 26.7. The number of rotatable bonds is 2. The Balaban J connectivity index is 1.28. The van der Waals surface area contributed by atoms with Crippen LogP contribution in [0.25, 0.3) is 21.9 Å². The summed E-state index contributed by atoms with van der Waals surface area (Å²) in [5.41, 5.74) is 7.77. The van der Waals surface area contributed by atoms with Crippen molar-refractivity contribution in [3.8, 4) is 0 Å². The van der Waals surface area contributed by atoms with Crippen molar-refractivity contribution in [1.29, 1.82) is 0 Å². The maximum atomic E-state index is 13.4. The lowest BCUT2D eigenvalue weighted by Crippen LogP contribution is -2.79. The Bertz CT molecular complexity index is 2540. The highest BCUT2D eigenvalue weighted by atomic mass is 28.3. The molecule has 6 heteroatoms. The Kier molecular flexibility index (Phi) is 5.68. The van der Waals surface area contributed by atoms with Crippen molar-refractivity contribution in [1.82, 2.24) is 4.98 Å². The molecule has 226 valence electrons. The van der Waals surface area contributed by atoms with Gasteiger partial charge in [-0.05, 0) is 75.3 Å². The van der Waals surface area contributed by atoms with E-state index < -0.39 is 8.07 Å². The quantitative estimate of drug-likeness (QED) is 0.148. The van der Waals surface area contributed by atoms with E-state index in [1.807, 2.05) is 18.2 Å². The first-order valence-electron chi connectivity index (χ1n) is 16.1. The van der Waals surface area contributed by atoms with Gasteiger partial charge in [-0.2, -0.15) is 0 Å². The standard InChI is InChI=1S/C42H27N3O2Si/c46-42-30-23-22-29(26-37(30)47-36-24-25-43-27-31(36)42)45-34-16-6-10-20-40(34)48(41-21-11-7-17-35(41)45)38-18-8-4-14-32(38)44(28-12-2-1-3-13-28)33-15-5-9-19-39(33)48/h1-27H. The molecule has 0 aliphatic carbocycles. The smallest absolute Gasteiger partial charge is 0.202 e. The van der Waals surface area contributed by atoms with Crippen LogP contribution in [0.3, 0.4) is 0 Å². The van der Waals surface area contributed by atoms with Crippen LogP contribution in [0, 0.1) is 0 Å². The first kappa shape index (κ1) is 26.9. The maximum absolute atomic E-state index is 13.4. The molecule has 2 aliphatic rings. The minimum absolute atomic E-state index is 0.0740. The summed E-state index contributed by atoms with van der Waals surface area (Å²) in [6, 6.07) is 54.0. The average Bonchev–Trinajstić information content (AvgIpc) is 3.15. The van der Waals surface area contributed by atoms with Crippen LogP contribution >= 0.6 is 0 Å². The van der Waals surface area contributed by atoms with Crippen LogP contribution in [-0.4, -0.2) is 13.1 Å². The third-order valence-corrected chi connectivity index (χ3v) is 14.8. The zero-order chi connectivity index (χ0) is 31.8. The minimum atomic E-state index is -2.86. The van der Waals surface area contributed by atoms with E-state index >= 15 is 0 Å². The molecule has 2 aromatic heterocycles. The molecule has 0 unspecified atom stereocenters. The van der Waals surface area contributed by atoms with Crippen molar-refractivity contribution in [3.63, 3.8) is 0 Å². The van der Waals surface area contributed by atoms with Crippen molar-refractivity contribution >= 4 is 84.9 Å². The maximum Gasteiger partial charge on any atom is 0.202 e. The van der Waals surface area contributed by atoms with Gasteiger partial charge in [-0.1, -0.05) is 91.0 Å². The van der Waals surface area contributed by atoms with Crippen LogP contribution in [0.1, 0.15) is 0 Å². The van der Waals surface area contributed by atoms with E-state index in [2.05, 4.69) is 142 Å². The fraction of sp³-hybridized carbons (Fsp3) is 0. The Morgan fingerprint density at radius 2 is 0.979 bits per heavy atom. The van der Waals surface area contributed by atoms with Gasteiger partial charge in [0.1, 0.15) is 11.2 Å². The van der Waals surface area contributed by atoms with Crippen LogP contribution in [0.2, 0.25) is 0 Å². The van der Waals surface area contributed by atoms with Gasteiger partial charge in [-0.3, -0.25) is 9.78 Å². The molecule has 0 atom stereocenters. The number of para-hydroxylation sites is 5. The summed E-state index contributed by atoms with van der Waals surface area (Å²) in [7, 11) is -2.86. The summed E-state index contributed by atoms with van der Waals surface area (Å²) >= 11 is 0. The van der Waals surface area contributed by atoms with Crippen molar-refractivity contribution < 1.29 is 4.42 Å². The lowest BCUT2D eigenvalue weighted by atomic mass is 10.1. The first-order valence-corrected chi connectivity index (χ1v) is 18.1. The third-order valence-electron chi connectivity index (χ3n) is 9.92. The van der Waals surface area contributed by atoms with Gasteiger partial charge in [0.2, 0.25) is 5.43 Å². The van der Waals surface area contributed by atoms with Crippen molar-refractivity contribution in [2.45, 2.75) is 0 Å². The molecule has 8 aromatic rings. The molecular formula is C42H27N3O2Si. The Hall–Kier alpha value is -6.24. The highest BCUT2D eigenvalue weighted by Gasteiger charge is 2.53. The third kappa shape index (κ3) is 3.55. The van der Waals surface area contributed by atoms with Gasteiger partial charge in [0.25, 0.3) is 0 Å². The fourth-order valence-corrected chi connectivity index (χ4v) is 13.5.